The van der Waals surface area contributed by atoms with Gasteiger partial charge in [-0.2, -0.15) is 0 Å². The fourth-order valence-electron chi connectivity index (χ4n) is 5.53. The number of ether oxygens (including phenoxy) is 2. The molecule has 0 saturated carbocycles. The number of unbranched alkanes of at least 4 members (excludes halogenated alkanes) is 17. The predicted molar refractivity (Wildman–Crippen MR) is 217 cm³/mol. The molecule has 0 aromatic carbocycles. The zero-order valence-corrected chi connectivity index (χ0v) is 33.0. The zero-order chi connectivity index (χ0) is 38.2. The Kier molecular flexibility index (Phi) is 37.4. The van der Waals surface area contributed by atoms with E-state index in [0.717, 1.165) is 32.1 Å². The minimum atomic E-state index is -0.844. The van der Waals surface area contributed by atoms with E-state index in [0.29, 0.717) is 25.7 Å². The largest absolute Gasteiger partial charge is 0.462 e. The first-order chi connectivity index (χ1) is 25.4. The van der Waals surface area contributed by atoms with Crippen LogP contribution in [0.25, 0.3) is 0 Å². The minimum absolute atomic E-state index is 0.153. The molecule has 0 aliphatic carbocycles. The zero-order valence-electron chi connectivity index (χ0n) is 33.0. The van der Waals surface area contributed by atoms with Gasteiger partial charge in [-0.25, -0.2) is 0 Å². The van der Waals surface area contributed by atoms with Crippen molar-refractivity contribution in [2.24, 2.45) is 0 Å². The number of hydrogen-bond donors (Lipinski definition) is 3. The third-order valence-electron chi connectivity index (χ3n) is 8.69. The van der Waals surface area contributed by atoms with Crippen molar-refractivity contribution in [3.8, 4) is 0 Å². The first-order valence-electron chi connectivity index (χ1n) is 20.7. The van der Waals surface area contributed by atoms with Crippen LogP contribution in [-0.2, 0) is 19.1 Å². The van der Waals surface area contributed by atoms with Crippen LogP contribution in [0.15, 0.2) is 72.9 Å². The summed E-state index contributed by atoms with van der Waals surface area (Å²) in [6.45, 7) is 3.79. The van der Waals surface area contributed by atoms with E-state index in [1.54, 1.807) is 24.3 Å². The molecule has 0 fully saturated rings. The van der Waals surface area contributed by atoms with Gasteiger partial charge in [-0.15, -0.1) is 0 Å². The maximum Gasteiger partial charge on any atom is 0.306 e. The highest BCUT2D eigenvalue weighted by molar-refractivity contribution is 5.70. The van der Waals surface area contributed by atoms with Crippen LogP contribution in [0, 0.1) is 0 Å². The monoisotopic (exact) mass is 729 g/mol. The van der Waals surface area contributed by atoms with Gasteiger partial charge in [0.1, 0.15) is 6.61 Å². The molecule has 0 unspecified atom stereocenters. The minimum Gasteiger partial charge on any atom is -0.462 e. The summed E-state index contributed by atoms with van der Waals surface area (Å²) in [4.78, 5) is 24.3. The molecule has 298 valence electrons. The highest BCUT2D eigenvalue weighted by Gasteiger charge is 2.16. The standard InChI is InChI=1S/C45H76O7/c1-3-5-7-8-9-10-11-12-13-14-15-16-17-18-22-25-31-38-45(50)52-43(39-46)40-51-44(49)37-32-26-30-36-42(48)35-29-24-21-19-20-23-28-34-41(47)33-27-6-4-2/h6,20-21,23-24,27-30,34-36,41-43,46-48H,3-5,7-19,22,25-26,31-33,37-40H2,1-2H3/b23-20-,24-21-,27-6-,34-28+,35-29+,36-30-/t41-,42-,43+/m1/s1. The molecule has 7 nitrogen and oxygen atoms in total. The Bertz CT molecular complexity index is 994. The molecule has 0 aromatic heterocycles. The Balaban J connectivity index is 3.81. The van der Waals surface area contributed by atoms with E-state index in [9.17, 15) is 24.9 Å². The van der Waals surface area contributed by atoms with Crippen molar-refractivity contribution in [3.05, 3.63) is 72.9 Å². The first-order valence-corrected chi connectivity index (χ1v) is 20.7. The summed E-state index contributed by atoms with van der Waals surface area (Å²) in [7, 11) is 0. The van der Waals surface area contributed by atoms with Gasteiger partial charge in [-0.3, -0.25) is 9.59 Å². The third kappa shape index (κ3) is 37.0. The van der Waals surface area contributed by atoms with E-state index in [1.165, 1.54) is 89.9 Å². The molecular weight excluding hydrogens is 652 g/mol. The van der Waals surface area contributed by atoms with E-state index in [4.69, 9.17) is 9.47 Å². The van der Waals surface area contributed by atoms with Crippen LogP contribution < -0.4 is 0 Å². The van der Waals surface area contributed by atoms with Gasteiger partial charge < -0.3 is 24.8 Å². The highest BCUT2D eigenvalue weighted by atomic mass is 16.6. The molecule has 0 rings (SSSR count). The second kappa shape index (κ2) is 39.5. The molecule has 0 bridgehead atoms. The Morgan fingerprint density at radius 3 is 1.67 bits per heavy atom. The van der Waals surface area contributed by atoms with Gasteiger partial charge in [-0.05, 0) is 38.5 Å². The van der Waals surface area contributed by atoms with Crippen molar-refractivity contribution in [2.75, 3.05) is 13.2 Å². The van der Waals surface area contributed by atoms with Crippen molar-refractivity contribution in [3.63, 3.8) is 0 Å². The molecule has 3 atom stereocenters. The lowest BCUT2D eigenvalue weighted by Crippen LogP contribution is -2.28. The van der Waals surface area contributed by atoms with Gasteiger partial charge in [0.15, 0.2) is 6.10 Å². The Morgan fingerprint density at radius 2 is 1.12 bits per heavy atom. The number of aliphatic hydroxyl groups is 3. The summed E-state index contributed by atoms with van der Waals surface area (Å²) in [6, 6.07) is 0. The molecule has 0 radical (unpaired) electrons. The Hall–Kier alpha value is -2.74. The number of esters is 2. The van der Waals surface area contributed by atoms with Gasteiger partial charge >= 0.3 is 11.9 Å². The average molecular weight is 729 g/mol. The van der Waals surface area contributed by atoms with Crippen LogP contribution in [-0.4, -0.2) is 58.8 Å². The van der Waals surface area contributed by atoms with Gasteiger partial charge in [0, 0.05) is 12.8 Å². The van der Waals surface area contributed by atoms with Gasteiger partial charge in [0.25, 0.3) is 0 Å². The summed E-state index contributed by atoms with van der Waals surface area (Å²) in [5.41, 5.74) is 0. The summed E-state index contributed by atoms with van der Waals surface area (Å²) in [5, 5.41) is 29.4. The van der Waals surface area contributed by atoms with Gasteiger partial charge in [-0.1, -0.05) is 189 Å². The first kappa shape index (κ1) is 49.3. The Labute approximate surface area is 318 Å². The summed E-state index contributed by atoms with van der Waals surface area (Å²) < 4.78 is 10.5. The lowest BCUT2D eigenvalue weighted by molar-refractivity contribution is -0.161. The average Bonchev–Trinajstić information content (AvgIpc) is 3.13. The van der Waals surface area contributed by atoms with E-state index in [2.05, 4.69) is 13.8 Å². The summed E-state index contributed by atoms with van der Waals surface area (Å²) in [6.07, 6.45) is 46.1. The molecule has 0 amide bonds. The molecule has 0 heterocycles. The fraction of sp³-hybridized carbons (Fsp3) is 0.689. The van der Waals surface area contributed by atoms with Crippen molar-refractivity contribution in [1.82, 2.24) is 0 Å². The molecule has 0 spiro atoms. The number of carbonyl (C=O) groups is 2. The smallest absolute Gasteiger partial charge is 0.306 e. The van der Waals surface area contributed by atoms with Crippen molar-refractivity contribution >= 4 is 11.9 Å². The predicted octanol–water partition coefficient (Wildman–Crippen LogP) is 10.9. The summed E-state index contributed by atoms with van der Waals surface area (Å²) >= 11 is 0. The maximum absolute atomic E-state index is 12.2. The van der Waals surface area contributed by atoms with Gasteiger partial charge in [0.2, 0.25) is 0 Å². The molecule has 52 heavy (non-hydrogen) atoms. The van der Waals surface area contributed by atoms with E-state index in [-0.39, 0.29) is 19.0 Å². The summed E-state index contributed by atoms with van der Waals surface area (Å²) in [5.74, 6) is -0.774. The van der Waals surface area contributed by atoms with Gasteiger partial charge in [0.05, 0.1) is 18.8 Å². The van der Waals surface area contributed by atoms with E-state index >= 15 is 0 Å². The number of aliphatic hydroxyl groups excluding tert-OH is 3. The second-order valence-corrected chi connectivity index (χ2v) is 13.7. The molecule has 0 aliphatic rings. The van der Waals surface area contributed by atoms with Crippen molar-refractivity contribution < 1.29 is 34.4 Å². The van der Waals surface area contributed by atoms with E-state index in [1.807, 2.05) is 48.6 Å². The molecule has 3 N–H and O–H groups in total. The van der Waals surface area contributed by atoms with Crippen molar-refractivity contribution in [1.29, 1.82) is 0 Å². The lowest BCUT2D eigenvalue weighted by atomic mass is 10.0. The fourth-order valence-corrected chi connectivity index (χ4v) is 5.53. The SMILES string of the molecule is CC/C=C\C[C@@H](O)/C=C/C=C\C/C=C\C=C\[C@@H](O)/C=C\CCCC(=O)OC[C@H](CO)OC(=O)CCCCCCCCCCCCCCCCCCC. The van der Waals surface area contributed by atoms with Crippen LogP contribution in [0.3, 0.4) is 0 Å². The Morgan fingerprint density at radius 1 is 0.577 bits per heavy atom. The van der Waals surface area contributed by atoms with Crippen LogP contribution in [0.4, 0.5) is 0 Å². The molecule has 7 heteroatoms. The molecule has 0 aliphatic heterocycles. The van der Waals surface area contributed by atoms with E-state index < -0.39 is 30.9 Å². The van der Waals surface area contributed by atoms with Crippen molar-refractivity contribution in [2.45, 2.75) is 186 Å². The van der Waals surface area contributed by atoms with Crippen LogP contribution >= 0.6 is 0 Å². The molecular formula is C45H76O7. The maximum atomic E-state index is 12.2. The number of carbonyl (C=O) groups excluding carboxylic acids is 2. The quantitative estimate of drug-likeness (QED) is 0.0255. The lowest BCUT2D eigenvalue weighted by Gasteiger charge is -2.15. The number of rotatable bonds is 36. The molecule has 0 aromatic rings. The van der Waals surface area contributed by atoms with Crippen LogP contribution in [0.1, 0.15) is 168 Å². The number of hydrogen-bond acceptors (Lipinski definition) is 7. The highest BCUT2D eigenvalue weighted by Crippen LogP contribution is 2.15. The normalized spacial score (nSPS) is 14.2. The second-order valence-electron chi connectivity index (χ2n) is 13.7. The third-order valence-corrected chi connectivity index (χ3v) is 8.69. The van der Waals surface area contributed by atoms with Crippen LogP contribution in [0.5, 0.6) is 0 Å². The number of allylic oxidation sites excluding steroid dienone is 8. The van der Waals surface area contributed by atoms with Crippen LogP contribution in [0.2, 0.25) is 0 Å². The molecule has 0 saturated heterocycles. The topological polar surface area (TPSA) is 113 Å².